The lowest BCUT2D eigenvalue weighted by atomic mass is 9.99. The van der Waals surface area contributed by atoms with E-state index in [0.29, 0.717) is 29.1 Å². The molecule has 1 saturated carbocycles. The fourth-order valence-corrected chi connectivity index (χ4v) is 5.53. The average Bonchev–Trinajstić information content (AvgIpc) is 3.56. The van der Waals surface area contributed by atoms with Crippen LogP contribution in [0.1, 0.15) is 53.0 Å². The molecule has 0 bridgehead atoms. The van der Waals surface area contributed by atoms with Crippen LogP contribution >= 0.6 is 11.3 Å². The van der Waals surface area contributed by atoms with Crippen LogP contribution in [0.25, 0.3) is 0 Å². The van der Waals surface area contributed by atoms with Crippen LogP contribution in [0.2, 0.25) is 0 Å². The fourth-order valence-electron chi connectivity index (χ4n) is 4.62. The predicted octanol–water partition coefficient (Wildman–Crippen LogP) is 3.78. The summed E-state index contributed by atoms with van der Waals surface area (Å²) in [6, 6.07) is 14.9. The van der Waals surface area contributed by atoms with Crippen molar-refractivity contribution in [1.29, 1.82) is 0 Å². The molecule has 0 spiro atoms. The molecule has 1 amide bonds. The number of carbonyl (C=O) groups is 2. The molecule has 1 N–H and O–H groups in total. The summed E-state index contributed by atoms with van der Waals surface area (Å²) >= 11 is 1.45. The number of ketones is 1. The zero-order valence-corrected chi connectivity index (χ0v) is 21.1. The maximum atomic E-state index is 12.3. The van der Waals surface area contributed by atoms with Gasteiger partial charge in [0.05, 0.1) is 24.2 Å². The molecule has 1 aliphatic carbocycles. The molecular weight excluding hydrogens is 486 g/mol. The first kappa shape index (κ1) is 24.8. The fraction of sp³-hybridized carbons (Fsp3) is 0.333. The summed E-state index contributed by atoms with van der Waals surface area (Å²) in [5.74, 6) is 0.748. The Kier molecular flexibility index (Phi) is 7.95. The third kappa shape index (κ3) is 7.07. The largest absolute Gasteiger partial charge is 0.300 e. The Morgan fingerprint density at radius 2 is 1.49 bits per heavy atom. The minimum absolute atomic E-state index is 0.0729. The first-order valence-corrected chi connectivity index (χ1v) is 13.2. The van der Waals surface area contributed by atoms with Gasteiger partial charge < -0.3 is 5.32 Å². The Morgan fingerprint density at radius 3 is 2.19 bits per heavy atom. The van der Waals surface area contributed by atoms with Gasteiger partial charge in [-0.1, -0.05) is 23.5 Å². The van der Waals surface area contributed by atoms with Crippen LogP contribution in [-0.4, -0.2) is 42.1 Å². The second-order valence-electron chi connectivity index (χ2n) is 9.30. The molecule has 0 radical (unpaired) electrons. The third-order valence-corrected chi connectivity index (χ3v) is 7.40. The predicted molar refractivity (Wildman–Crippen MR) is 139 cm³/mol. The van der Waals surface area contributed by atoms with E-state index in [2.05, 4.69) is 35.7 Å². The van der Waals surface area contributed by atoms with Crippen molar-refractivity contribution < 1.29 is 9.59 Å². The molecule has 4 aromatic rings. The Hall–Kier alpha value is -3.92. The van der Waals surface area contributed by atoms with Gasteiger partial charge in [-0.25, -0.2) is 0 Å². The van der Waals surface area contributed by atoms with Crippen molar-refractivity contribution in [2.45, 2.75) is 50.9 Å². The SMILES string of the molecule is O=C(Cc1ccccn1)Cc1ccc(C[C@H]2CC[C@@H](c3nnc(NC(=O)Cc4ccccn4)s3)C2)nn1. The quantitative estimate of drug-likeness (QED) is 0.340. The van der Waals surface area contributed by atoms with E-state index in [1.165, 1.54) is 11.3 Å². The van der Waals surface area contributed by atoms with Crippen molar-refractivity contribution in [2.24, 2.45) is 5.92 Å². The number of amides is 1. The summed E-state index contributed by atoms with van der Waals surface area (Å²) in [6.45, 7) is 0. The number of anilines is 1. The number of Topliss-reactive ketones (excluding diaryl/α,β-unsaturated/α-hetero) is 1. The minimum atomic E-state index is -0.147. The standard InChI is InChI=1S/C27H27N7O2S/c35-24(15-20-5-1-3-11-28-20)16-23-10-9-22(31-32-23)14-18-7-8-19(13-18)26-33-34-27(37-26)30-25(36)17-21-6-2-4-12-29-21/h1-6,9-12,18-19H,7-8,13-17H2,(H,30,34,36)/t18-,19+/m0/s1. The molecule has 1 fully saturated rings. The zero-order valence-electron chi connectivity index (χ0n) is 20.3. The second-order valence-corrected chi connectivity index (χ2v) is 10.3. The number of nitrogens with zero attached hydrogens (tertiary/aromatic N) is 6. The normalized spacial score (nSPS) is 17.0. The van der Waals surface area contributed by atoms with Crippen molar-refractivity contribution in [2.75, 3.05) is 5.32 Å². The van der Waals surface area contributed by atoms with Crippen LogP contribution in [0.5, 0.6) is 0 Å². The highest BCUT2D eigenvalue weighted by atomic mass is 32.1. The van der Waals surface area contributed by atoms with Crippen LogP contribution in [0.3, 0.4) is 0 Å². The third-order valence-electron chi connectivity index (χ3n) is 6.40. The van der Waals surface area contributed by atoms with E-state index in [0.717, 1.165) is 47.8 Å². The van der Waals surface area contributed by atoms with Gasteiger partial charge in [-0.3, -0.25) is 19.6 Å². The van der Waals surface area contributed by atoms with E-state index in [-0.39, 0.29) is 24.5 Å². The molecular formula is C27H27N7O2S. The van der Waals surface area contributed by atoms with Crippen LogP contribution in [0, 0.1) is 5.92 Å². The van der Waals surface area contributed by atoms with Gasteiger partial charge >= 0.3 is 0 Å². The lowest BCUT2D eigenvalue weighted by Crippen LogP contribution is -2.14. The molecule has 4 heterocycles. The van der Waals surface area contributed by atoms with E-state index in [1.807, 2.05) is 48.5 Å². The highest BCUT2D eigenvalue weighted by Gasteiger charge is 2.29. The molecule has 1 aliphatic rings. The Bertz CT molecular complexity index is 1330. The monoisotopic (exact) mass is 513 g/mol. The van der Waals surface area contributed by atoms with Gasteiger partial charge in [0.25, 0.3) is 0 Å². The van der Waals surface area contributed by atoms with Gasteiger partial charge in [0, 0.05) is 36.1 Å². The summed E-state index contributed by atoms with van der Waals surface area (Å²) in [5, 5.41) is 21.5. The molecule has 0 saturated heterocycles. The number of rotatable bonds is 10. The first-order valence-electron chi connectivity index (χ1n) is 12.4. The van der Waals surface area contributed by atoms with Crippen LogP contribution < -0.4 is 5.32 Å². The summed E-state index contributed by atoms with van der Waals surface area (Å²) in [7, 11) is 0. The number of nitrogens with one attached hydrogen (secondary N) is 1. The first-order chi connectivity index (χ1) is 18.1. The number of pyridine rings is 2. The summed E-state index contributed by atoms with van der Waals surface area (Å²) in [6.07, 6.45) is 8.10. The molecule has 0 unspecified atom stereocenters. The number of hydrogen-bond donors (Lipinski definition) is 1. The Balaban J connectivity index is 1.08. The lowest BCUT2D eigenvalue weighted by Gasteiger charge is -2.09. The second kappa shape index (κ2) is 11.9. The van der Waals surface area contributed by atoms with E-state index >= 15 is 0 Å². The molecule has 5 rings (SSSR count). The van der Waals surface area contributed by atoms with E-state index in [9.17, 15) is 9.59 Å². The van der Waals surface area contributed by atoms with Gasteiger partial charge in [-0.2, -0.15) is 10.2 Å². The molecule has 9 nitrogen and oxygen atoms in total. The number of hydrogen-bond acceptors (Lipinski definition) is 9. The van der Waals surface area contributed by atoms with Crippen molar-refractivity contribution in [1.82, 2.24) is 30.4 Å². The van der Waals surface area contributed by atoms with Crippen LogP contribution in [0.15, 0.2) is 60.9 Å². The van der Waals surface area contributed by atoms with Crippen LogP contribution in [-0.2, 0) is 35.3 Å². The van der Waals surface area contributed by atoms with Gasteiger partial charge in [0.2, 0.25) is 11.0 Å². The average molecular weight is 514 g/mol. The molecule has 188 valence electrons. The maximum absolute atomic E-state index is 12.3. The van der Waals surface area contributed by atoms with Crippen molar-refractivity contribution in [3.05, 3.63) is 88.7 Å². The van der Waals surface area contributed by atoms with Gasteiger partial charge in [0.15, 0.2) is 0 Å². The number of carbonyl (C=O) groups excluding carboxylic acids is 2. The summed E-state index contributed by atoms with van der Waals surface area (Å²) in [5.41, 5.74) is 3.10. The highest BCUT2D eigenvalue weighted by Crippen LogP contribution is 2.41. The van der Waals surface area contributed by atoms with Gasteiger partial charge in [0.1, 0.15) is 10.8 Å². The topological polar surface area (TPSA) is 124 Å². The maximum Gasteiger partial charge on any atom is 0.232 e. The Morgan fingerprint density at radius 1 is 0.784 bits per heavy atom. The van der Waals surface area contributed by atoms with Crippen molar-refractivity contribution in [3.63, 3.8) is 0 Å². The summed E-state index contributed by atoms with van der Waals surface area (Å²) in [4.78, 5) is 33.0. The molecule has 4 aromatic heterocycles. The van der Waals surface area contributed by atoms with Gasteiger partial charge in [-0.15, -0.1) is 10.2 Å². The lowest BCUT2D eigenvalue weighted by molar-refractivity contribution is -0.118. The molecule has 10 heteroatoms. The zero-order chi connectivity index (χ0) is 25.5. The van der Waals surface area contributed by atoms with Crippen molar-refractivity contribution in [3.8, 4) is 0 Å². The molecule has 0 aliphatic heterocycles. The summed E-state index contributed by atoms with van der Waals surface area (Å²) < 4.78 is 0. The molecule has 2 atom stereocenters. The minimum Gasteiger partial charge on any atom is -0.300 e. The molecule has 0 aromatic carbocycles. The van der Waals surface area contributed by atoms with E-state index in [1.54, 1.807) is 12.4 Å². The van der Waals surface area contributed by atoms with Crippen LogP contribution in [0.4, 0.5) is 5.13 Å². The highest BCUT2D eigenvalue weighted by molar-refractivity contribution is 7.15. The number of aromatic nitrogens is 6. The van der Waals surface area contributed by atoms with Crippen molar-refractivity contribution >= 4 is 28.2 Å². The molecule has 37 heavy (non-hydrogen) atoms. The Labute approximate surface area is 218 Å². The van der Waals surface area contributed by atoms with E-state index < -0.39 is 0 Å². The van der Waals surface area contributed by atoms with Gasteiger partial charge in [-0.05, 0) is 68.0 Å². The smallest absolute Gasteiger partial charge is 0.232 e. The van der Waals surface area contributed by atoms with E-state index in [4.69, 9.17) is 0 Å².